The van der Waals surface area contributed by atoms with Gasteiger partial charge in [0, 0.05) is 6.61 Å². The molecule has 0 amide bonds. The first-order valence-corrected chi connectivity index (χ1v) is 8.78. The number of esters is 1. The monoisotopic (exact) mass is 288 g/mol. The fourth-order valence-electron chi connectivity index (χ4n) is 6.34. The van der Waals surface area contributed by atoms with Crippen LogP contribution in [0.1, 0.15) is 32.1 Å². The van der Waals surface area contributed by atoms with Gasteiger partial charge in [0.25, 0.3) is 0 Å². The van der Waals surface area contributed by atoms with Crippen LogP contribution < -0.4 is 0 Å². The van der Waals surface area contributed by atoms with E-state index in [1.165, 1.54) is 12.8 Å². The molecule has 4 fully saturated rings. The Bertz CT molecular complexity index is 479. The predicted molar refractivity (Wildman–Crippen MR) is 77.4 cm³/mol. The van der Waals surface area contributed by atoms with Crippen LogP contribution in [0, 0.1) is 41.4 Å². The Morgan fingerprint density at radius 1 is 1.14 bits per heavy atom. The molecular formula is C18H24O3. The highest BCUT2D eigenvalue weighted by atomic mass is 16.6. The average Bonchev–Trinajstić information content (AvgIpc) is 3.30. The van der Waals surface area contributed by atoms with Gasteiger partial charge in [-0.1, -0.05) is 12.2 Å². The first-order valence-electron chi connectivity index (χ1n) is 8.78. The Morgan fingerprint density at radius 3 is 2.81 bits per heavy atom. The molecular weight excluding hydrogens is 264 g/mol. The third-order valence-corrected chi connectivity index (χ3v) is 7.01. The lowest BCUT2D eigenvalue weighted by Gasteiger charge is -2.35. The summed E-state index contributed by atoms with van der Waals surface area (Å²) >= 11 is 0. The smallest absolute Gasteiger partial charge is 0.309 e. The van der Waals surface area contributed by atoms with Crippen molar-refractivity contribution in [2.45, 2.75) is 38.2 Å². The zero-order valence-electron chi connectivity index (χ0n) is 12.4. The van der Waals surface area contributed by atoms with Gasteiger partial charge in [0.2, 0.25) is 0 Å². The summed E-state index contributed by atoms with van der Waals surface area (Å²) in [5.41, 5.74) is 0. The van der Waals surface area contributed by atoms with E-state index in [-0.39, 0.29) is 18.0 Å². The van der Waals surface area contributed by atoms with E-state index in [0.29, 0.717) is 12.5 Å². The molecule has 1 aliphatic heterocycles. The van der Waals surface area contributed by atoms with Crippen molar-refractivity contribution in [3.05, 3.63) is 12.2 Å². The minimum Gasteiger partial charge on any atom is -0.463 e. The second-order valence-corrected chi connectivity index (χ2v) is 7.87. The summed E-state index contributed by atoms with van der Waals surface area (Å²) in [5, 5.41) is 0. The van der Waals surface area contributed by atoms with Gasteiger partial charge in [0.05, 0.1) is 12.0 Å². The van der Waals surface area contributed by atoms with Crippen molar-refractivity contribution in [2.75, 3.05) is 13.2 Å². The summed E-state index contributed by atoms with van der Waals surface area (Å²) < 4.78 is 11.2. The van der Waals surface area contributed by atoms with Crippen LogP contribution in [-0.4, -0.2) is 25.3 Å². The van der Waals surface area contributed by atoms with Crippen molar-refractivity contribution in [1.82, 2.24) is 0 Å². The zero-order chi connectivity index (χ0) is 14.0. The van der Waals surface area contributed by atoms with E-state index in [1.54, 1.807) is 0 Å². The molecule has 0 aromatic rings. The molecule has 0 radical (unpaired) electrons. The fraction of sp³-hybridized carbons (Fsp3) is 0.833. The third-order valence-electron chi connectivity index (χ3n) is 7.01. The molecule has 4 bridgehead atoms. The molecule has 1 heterocycles. The standard InChI is InChI=1S/C18H24O3/c19-18(21-9-13-2-1-5-20-13)15-8-12-7-14(15)17-11-4-3-10(6-11)16(12)17/h3-4,10-17H,1-2,5-9H2. The van der Waals surface area contributed by atoms with Crippen LogP contribution in [0.4, 0.5) is 0 Å². The molecule has 3 heteroatoms. The summed E-state index contributed by atoms with van der Waals surface area (Å²) in [6.07, 6.45) is 10.9. The number of allylic oxidation sites excluding steroid dienone is 2. The lowest BCUT2D eigenvalue weighted by Crippen LogP contribution is -2.36. The van der Waals surface area contributed by atoms with Crippen molar-refractivity contribution in [3.8, 4) is 0 Å². The highest BCUT2D eigenvalue weighted by molar-refractivity contribution is 5.73. The molecule has 0 aromatic carbocycles. The van der Waals surface area contributed by atoms with Crippen LogP contribution in [-0.2, 0) is 14.3 Å². The summed E-state index contributed by atoms with van der Waals surface area (Å²) in [5.74, 6) is 4.94. The van der Waals surface area contributed by atoms with E-state index >= 15 is 0 Å². The van der Waals surface area contributed by atoms with Crippen LogP contribution in [0.3, 0.4) is 0 Å². The number of hydrogen-bond acceptors (Lipinski definition) is 3. The number of carbonyl (C=O) groups excluding carboxylic acids is 1. The van der Waals surface area contributed by atoms with Crippen LogP contribution in [0.5, 0.6) is 0 Å². The van der Waals surface area contributed by atoms with Gasteiger partial charge in [-0.3, -0.25) is 4.79 Å². The quantitative estimate of drug-likeness (QED) is 0.455. The van der Waals surface area contributed by atoms with Crippen molar-refractivity contribution < 1.29 is 14.3 Å². The molecule has 4 aliphatic carbocycles. The largest absolute Gasteiger partial charge is 0.463 e. The molecule has 5 rings (SSSR count). The number of rotatable bonds is 3. The van der Waals surface area contributed by atoms with Crippen molar-refractivity contribution in [2.24, 2.45) is 41.4 Å². The lowest BCUT2D eigenvalue weighted by atomic mass is 9.69. The maximum absolute atomic E-state index is 12.5. The molecule has 0 N–H and O–H groups in total. The zero-order valence-corrected chi connectivity index (χ0v) is 12.4. The Morgan fingerprint density at radius 2 is 2.00 bits per heavy atom. The highest BCUT2D eigenvalue weighted by Crippen LogP contribution is 2.67. The van der Waals surface area contributed by atoms with Crippen LogP contribution in [0.25, 0.3) is 0 Å². The SMILES string of the molecule is O=C(OCC1CCCO1)C1CC2CC1C1C3C=CC(C3)C21. The van der Waals surface area contributed by atoms with Crippen molar-refractivity contribution in [1.29, 1.82) is 0 Å². The number of fused-ring (bicyclic) bond motifs is 9. The second-order valence-electron chi connectivity index (χ2n) is 7.87. The van der Waals surface area contributed by atoms with Gasteiger partial charge < -0.3 is 9.47 Å². The van der Waals surface area contributed by atoms with Crippen molar-refractivity contribution in [3.63, 3.8) is 0 Å². The van der Waals surface area contributed by atoms with E-state index in [0.717, 1.165) is 55.5 Å². The molecule has 3 saturated carbocycles. The maximum Gasteiger partial charge on any atom is 0.309 e. The summed E-state index contributed by atoms with van der Waals surface area (Å²) in [7, 11) is 0. The normalized spacial score (nSPS) is 52.6. The number of carbonyl (C=O) groups is 1. The maximum atomic E-state index is 12.5. The van der Waals surface area contributed by atoms with Gasteiger partial charge >= 0.3 is 5.97 Å². The molecule has 8 atom stereocenters. The van der Waals surface area contributed by atoms with E-state index in [4.69, 9.17) is 9.47 Å². The van der Waals surface area contributed by atoms with E-state index in [9.17, 15) is 4.79 Å². The van der Waals surface area contributed by atoms with E-state index < -0.39 is 0 Å². The number of hydrogen-bond donors (Lipinski definition) is 0. The first kappa shape index (κ1) is 12.7. The van der Waals surface area contributed by atoms with Gasteiger partial charge in [0.15, 0.2) is 0 Å². The highest BCUT2D eigenvalue weighted by Gasteiger charge is 2.62. The summed E-state index contributed by atoms with van der Waals surface area (Å²) in [6, 6.07) is 0. The average molecular weight is 288 g/mol. The molecule has 21 heavy (non-hydrogen) atoms. The Labute approximate surface area is 126 Å². The second kappa shape index (κ2) is 4.58. The Balaban J connectivity index is 1.25. The Kier molecular flexibility index (Phi) is 2.77. The van der Waals surface area contributed by atoms with Crippen molar-refractivity contribution >= 4 is 5.97 Å². The van der Waals surface area contributed by atoms with Gasteiger partial charge in [0.1, 0.15) is 6.61 Å². The van der Waals surface area contributed by atoms with Gasteiger partial charge in [-0.25, -0.2) is 0 Å². The predicted octanol–water partition coefficient (Wildman–Crippen LogP) is 2.80. The molecule has 114 valence electrons. The lowest BCUT2D eigenvalue weighted by molar-refractivity contribution is -0.155. The number of ether oxygens (including phenoxy) is 2. The van der Waals surface area contributed by atoms with Gasteiger partial charge in [-0.15, -0.1) is 0 Å². The van der Waals surface area contributed by atoms with Crippen LogP contribution in [0.15, 0.2) is 12.2 Å². The molecule has 3 nitrogen and oxygen atoms in total. The Hall–Kier alpha value is -0.830. The summed E-state index contributed by atoms with van der Waals surface area (Å²) in [4.78, 5) is 12.5. The molecule has 8 unspecified atom stereocenters. The van der Waals surface area contributed by atoms with Crippen LogP contribution in [0.2, 0.25) is 0 Å². The van der Waals surface area contributed by atoms with Gasteiger partial charge in [-0.05, 0) is 67.6 Å². The molecule has 0 aromatic heterocycles. The minimum atomic E-state index is 0.0724. The molecule has 5 aliphatic rings. The summed E-state index contributed by atoms with van der Waals surface area (Å²) in [6.45, 7) is 1.31. The third kappa shape index (κ3) is 1.79. The van der Waals surface area contributed by atoms with Crippen LogP contribution >= 0.6 is 0 Å². The topological polar surface area (TPSA) is 35.5 Å². The fourth-order valence-corrected chi connectivity index (χ4v) is 6.34. The molecule has 1 saturated heterocycles. The first-order chi connectivity index (χ1) is 10.3. The van der Waals surface area contributed by atoms with E-state index in [1.807, 2.05) is 0 Å². The van der Waals surface area contributed by atoms with Gasteiger partial charge in [-0.2, -0.15) is 0 Å². The molecule has 0 spiro atoms. The minimum absolute atomic E-state index is 0.0724. The van der Waals surface area contributed by atoms with E-state index in [2.05, 4.69) is 12.2 Å².